The first-order valence-electron chi connectivity index (χ1n) is 12.3. The Morgan fingerprint density at radius 1 is 0.947 bits per heavy atom. The molecule has 2 amide bonds. The highest BCUT2D eigenvalue weighted by Crippen LogP contribution is 2.23. The Kier molecular flexibility index (Phi) is 9.33. The van der Waals surface area contributed by atoms with Crippen LogP contribution >= 0.6 is 11.6 Å². The minimum Gasteiger partial charge on any atom is -0.459 e. The highest BCUT2D eigenvalue weighted by molar-refractivity contribution is 7.89. The van der Waals surface area contributed by atoms with Gasteiger partial charge in [0, 0.05) is 24.7 Å². The lowest BCUT2D eigenvalue weighted by atomic mass is 10.2. The molecule has 1 aliphatic rings. The zero-order valence-electron chi connectivity index (χ0n) is 20.8. The number of nitrogens with zero attached hydrogens (tertiary/aromatic N) is 3. The molecule has 0 spiro atoms. The Hall–Kier alpha value is -3.47. The van der Waals surface area contributed by atoms with Crippen molar-refractivity contribution >= 4 is 39.7 Å². The number of carbonyl (C=O) groups is 2. The van der Waals surface area contributed by atoms with Gasteiger partial charge in [-0.15, -0.1) is 0 Å². The van der Waals surface area contributed by atoms with Crippen molar-refractivity contribution in [2.24, 2.45) is 5.10 Å². The van der Waals surface area contributed by atoms with E-state index in [2.05, 4.69) is 10.5 Å². The maximum atomic E-state index is 13.5. The third-order valence-electron chi connectivity index (χ3n) is 6.11. The molecule has 0 radical (unpaired) electrons. The lowest BCUT2D eigenvalue weighted by molar-refractivity contribution is -0.145. The van der Waals surface area contributed by atoms with Gasteiger partial charge in [0.2, 0.25) is 10.0 Å². The number of carbonyl (C=O) groups excluding carboxylic acids is 2. The van der Waals surface area contributed by atoms with Crippen LogP contribution in [0.1, 0.15) is 42.8 Å². The van der Waals surface area contributed by atoms with E-state index in [1.807, 2.05) is 30.3 Å². The van der Waals surface area contributed by atoms with Crippen LogP contribution in [0.3, 0.4) is 0 Å². The van der Waals surface area contributed by atoms with E-state index in [4.69, 9.17) is 16.0 Å². The van der Waals surface area contributed by atoms with Crippen LogP contribution in [0.5, 0.6) is 0 Å². The van der Waals surface area contributed by atoms with Gasteiger partial charge in [-0.3, -0.25) is 9.59 Å². The molecule has 0 atom stereocenters. The van der Waals surface area contributed by atoms with Crippen LogP contribution in [0.2, 0.25) is 5.02 Å². The van der Waals surface area contributed by atoms with Crippen molar-refractivity contribution in [3.63, 3.8) is 0 Å². The molecule has 1 saturated heterocycles. The van der Waals surface area contributed by atoms with Gasteiger partial charge in [-0.05, 0) is 54.8 Å². The van der Waals surface area contributed by atoms with Crippen LogP contribution < -0.4 is 5.43 Å². The molecule has 0 saturated carbocycles. The number of furan rings is 1. The standard InChI is InChI=1S/C27H29ClN4O5S/c28-22-10-14-25(15-11-22)38(35,36)32(19-21-8-4-3-5-9-21)20-24-13-12-23(37-24)18-29-30-26(33)27(34)31-16-6-1-2-7-17-31/h3-5,8-15,18H,1-2,6-7,16-17,19-20H2,(H,30,33)/b29-18+. The summed E-state index contributed by atoms with van der Waals surface area (Å²) in [6.07, 6.45) is 5.13. The Labute approximate surface area is 227 Å². The first-order chi connectivity index (χ1) is 18.3. The van der Waals surface area contributed by atoms with Gasteiger partial charge in [0.1, 0.15) is 11.5 Å². The summed E-state index contributed by atoms with van der Waals surface area (Å²) in [5, 5.41) is 4.27. The van der Waals surface area contributed by atoms with Crippen molar-refractivity contribution in [3.8, 4) is 0 Å². The third kappa shape index (κ3) is 7.31. The average molecular weight is 557 g/mol. The fraction of sp³-hybridized carbons (Fsp3) is 0.296. The highest BCUT2D eigenvalue weighted by Gasteiger charge is 2.26. The lowest BCUT2D eigenvalue weighted by Crippen LogP contribution is -2.41. The van der Waals surface area contributed by atoms with Gasteiger partial charge in [-0.25, -0.2) is 13.8 Å². The van der Waals surface area contributed by atoms with Gasteiger partial charge in [0.25, 0.3) is 0 Å². The van der Waals surface area contributed by atoms with Crippen molar-refractivity contribution in [1.29, 1.82) is 0 Å². The van der Waals surface area contributed by atoms with Crippen molar-refractivity contribution in [1.82, 2.24) is 14.6 Å². The van der Waals surface area contributed by atoms with E-state index >= 15 is 0 Å². The van der Waals surface area contributed by atoms with Crippen LogP contribution in [-0.4, -0.2) is 48.7 Å². The summed E-state index contributed by atoms with van der Waals surface area (Å²) in [6, 6.07) is 18.5. The summed E-state index contributed by atoms with van der Waals surface area (Å²) in [7, 11) is -3.87. The number of hydrogen-bond acceptors (Lipinski definition) is 6. The zero-order chi connectivity index (χ0) is 27.0. The topological polar surface area (TPSA) is 112 Å². The maximum Gasteiger partial charge on any atom is 0.329 e. The monoisotopic (exact) mass is 556 g/mol. The second-order valence-corrected chi connectivity index (χ2v) is 11.3. The Balaban J connectivity index is 1.44. The summed E-state index contributed by atoms with van der Waals surface area (Å²) in [5.41, 5.74) is 3.06. The van der Waals surface area contributed by atoms with Gasteiger partial charge in [-0.1, -0.05) is 54.8 Å². The molecule has 1 fully saturated rings. The van der Waals surface area contributed by atoms with Gasteiger partial charge in [-0.2, -0.15) is 9.41 Å². The number of likely N-dealkylation sites (tertiary alicyclic amines) is 1. The molecule has 38 heavy (non-hydrogen) atoms. The van der Waals surface area contributed by atoms with Crippen LogP contribution in [0.4, 0.5) is 0 Å². The zero-order valence-corrected chi connectivity index (χ0v) is 22.3. The predicted molar refractivity (Wildman–Crippen MR) is 144 cm³/mol. The molecule has 1 aromatic heterocycles. The van der Waals surface area contributed by atoms with E-state index < -0.39 is 21.8 Å². The largest absolute Gasteiger partial charge is 0.459 e. The summed E-state index contributed by atoms with van der Waals surface area (Å²) < 4.78 is 34.0. The highest BCUT2D eigenvalue weighted by atomic mass is 35.5. The van der Waals surface area contributed by atoms with E-state index in [0.717, 1.165) is 31.2 Å². The summed E-state index contributed by atoms with van der Waals surface area (Å²) in [4.78, 5) is 26.2. The Morgan fingerprint density at radius 3 is 2.32 bits per heavy atom. The van der Waals surface area contributed by atoms with E-state index in [-0.39, 0.29) is 18.0 Å². The molecule has 0 bridgehead atoms. The third-order valence-corrected chi connectivity index (χ3v) is 8.17. The molecule has 9 nitrogen and oxygen atoms in total. The first-order valence-corrected chi connectivity index (χ1v) is 14.2. The smallest absolute Gasteiger partial charge is 0.329 e. The maximum absolute atomic E-state index is 13.5. The van der Waals surface area contributed by atoms with E-state index in [0.29, 0.717) is 29.6 Å². The minimum absolute atomic E-state index is 0.0342. The SMILES string of the molecule is O=C(N/N=C/c1ccc(CN(Cc2ccccc2)S(=O)(=O)c2ccc(Cl)cc2)o1)C(=O)N1CCCCCC1. The molecule has 2 heterocycles. The van der Waals surface area contributed by atoms with Crippen molar-refractivity contribution < 1.29 is 22.4 Å². The number of hydrogen-bond donors (Lipinski definition) is 1. The molecular formula is C27H29ClN4O5S. The second kappa shape index (κ2) is 12.9. The number of benzene rings is 2. The van der Waals surface area contributed by atoms with Gasteiger partial charge >= 0.3 is 11.8 Å². The number of rotatable bonds is 8. The van der Waals surface area contributed by atoms with E-state index in [1.165, 1.54) is 34.8 Å². The molecule has 0 unspecified atom stereocenters. The molecule has 0 aliphatic carbocycles. The quantitative estimate of drug-likeness (QED) is 0.254. The summed E-state index contributed by atoms with van der Waals surface area (Å²) in [5.74, 6) is -0.732. The number of sulfonamides is 1. The van der Waals surface area contributed by atoms with Crippen LogP contribution in [-0.2, 0) is 32.7 Å². The summed E-state index contributed by atoms with van der Waals surface area (Å²) in [6.45, 7) is 1.23. The first kappa shape index (κ1) is 27.6. The van der Waals surface area contributed by atoms with Gasteiger partial charge in [0.15, 0.2) is 0 Å². The molecule has 11 heteroatoms. The number of nitrogens with one attached hydrogen (secondary N) is 1. The van der Waals surface area contributed by atoms with E-state index in [1.54, 1.807) is 17.0 Å². The molecule has 4 rings (SSSR count). The van der Waals surface area contributed by atoms with E-state index in [9.17, 15) is 18.0 Å². The van der Waals surface area contributed by atoms with Crippen molar-refractivity contribution in [2.45, 2.75) is 43.7 Å². The minimum atomic E-state index is -3.87. The second-order valence-electron chi connectivity index (χ2n) is 8.92. The van der Waals surface area contributed by atoms with Gasteiger partial charge in [0.05, 0.1) is 17.7 Å². The fourth-order valence-corrected chi connectivity index (χ4v) is 5.63. The molecule has 3 aromatic rings. The molecule has 2 aromatic carbocycles. The summed E-state index contributed by atoms with van der Waals surface area (Å²) >= 11 is 5.95. The van der Waals surface area contributed by atoms with Crippen LogP contribution in [0.15, 0.2) is 81.1 Å². The lowest BCUT2D eigenvalue weighted by Gasteiger charge is -2.21. The van der Waals surface area contributed by atoms with Crippen molar-refractivity contribution in [2.75, 3.05) is 13.1 Å². The molecular weight excluding hydrogens is 528 g/mol. The van der Waals surface area contributed by atoms with Gasteiger partial charge < -0.3 is 9.32 Å². The van der Waals surface area contributed by atoms with Crippen molar-refractivity contribution in [3.05, 3.63) is 88.8 Å². The average Bonchev–Trinajstić information content (AvgIpc) is 3.18. The molecule has 200 valence electrons. The van der Waals surface area contributed by atoms with Crippen LogP contribution in [0, 0.1) is 0 Å². The molecule has 1 aliphatic heterocycles. The molecule has 1 N–H and O–H groups in total. The van der Waals surface area contributed by atoms with Crippen LogP contribution in [0.25, 0.3) is 0 Å². The Morgan fingerprint density at radius 2 is 1.63 bits per heavy atom. The number of halogens is 1. The fourth-order valence-electron chi connectivity index (χ4n) is 4.11. The number of amides is 2. The number of hydrazone groups is 1. The normalized spacial score (nSPS) is 14.5. The Bertz CT molecular complexity index is 1370. The predicted octanol–water partition coefficient (Wildman–Crippen LogP) is 4.18.